The van der Waals surface area contributed by atoms with E-state index in [1.807, 2.05) is 10.8 Å². The molecule has 0 aliphatic carbocycles. The Hall–Kier alpha value is -0.880. The summed E-state index contributed by atoms with van der Waals surface area (Å²) in [5, 5.41) is 8.96. The summed E-state index contributed by atoms with van der Waals surface area (Å²) in [6.45, 7) is 0.972. The minimum absolute atomic E-state index is 0.0637. The Labute approximate surface area is 113 Å². The maximum absolute atomic E-state index is 12.1. The Morgan fingerprint density at radius 1 is 1.32 bits per heavy atom. The first-order chi connectivity index (χ1) is 9.12. The average Bonchev–Trinajstić information content (AvgIpc) is 2.81. The quantitative estimate of drug-likeness (QED) is 0.891. The highest BCUT2D eigenvalue weighted by Gasteiger charge is 2.34. The van der Waals surface area contributed by atoms with Crippen LogP contribution in [0.2, 0.25) is 0 Å². The van der Waals surface area contributed by atoms with E-state index in [-0.39, 0.29) is 18.3 Å². The summed E-state index contributed by atoms with van der Waals surface area (Å²) >= 11 is 0. The minimum atomic E-state index is -3.04. The molecule has 6 heteroatoms. The maximum atomic E-state index is 12.1. The van der Waals surface area contributed by atoms with Gasteiger partial charge in [-0.25, -0.2) is 13.4 Å². The molecule has 1 aromatic rings. The van der Waals surface area contributed by atoms with Crippen LogP contribution < -0.4 is 0 Å². The molecule has 0 spiro atoms. The SMILES string of the molecule is O=S1(=O)CCCCC1c1cn2c(n1)C(CO)CCC2. The molecule has 0 bridgehead atoms. The van der Waals surface area contributed by atoms with Crippen molar-refractivity contribution in [2.75, 3.05) is 12.4 Å². The van der Waals surface area contributed by atoms with Crippen molar-refractivity contribution in [2.24, 2.45) is 0 Å². The lowest BCUT2D eigenvalue weighted by Gasteiger charge is -2.21. The molecular weight excluding hydrogens is 264 g/mol. The number of rotatable bonds is 2. The Morgan fingerprint density at radius 3 is 2.89 bits per heavy atom. The molecule has 19 heavy (non-hydrogen) atoms. The molecule has 2 aliphatic heterocycles. The van der Waals surface area contributed by atoms with Crippen LogP contribution in [0.4, 0.5) is 0 Å². The zero-order valence-electron chi connectivity index (χ0n) is 11.0. The van der Waals surface area contributed by atoms with Gasteiger partial charge in [-0.1, -0.05) is 6.42 Å². The molecule has 0 radical (unpaired) electrons. The smallest absolute Gasteiger partial charge is 0.158 e. The van der Waals surface area contributed by atoms with E-state index in [1.165, 1.54) is 0 Å². The molecule has 5 nitrogen and oxygen atoms in total. The Bertz CT molecular complexity index is 564. The number of fused-ring (bicyclic) bond motifs is 1. The zero-order chi connectivity index (χ0) is 13.5. The summed E-state index contributed by atoms with van der Waals surface area (Å²) < 4.78 is 26.3. The van der Waals surface area contributed by atoms with E-state index in [0.717, 1.165) is 38.1 Å². The monoisotopic (exact) mass is 284 g/mol. The van der Waals surface area contributed by atoms with Crippen LogP contribution in [-0.4, -0.2) is 35.4 Å². The largest absolute Gasteiger partial charge is 0.396 e. The maximum Gasteiger partial charge on any atom is 0.158 e. The third-order valence-corrected chi connectivity index (χ3v) is 6.47. The van der Waals surface area contributed by atoms with Gasteiger partial charge in [0.1, 0.15) is 11.1 Å². The summed E-state index contributed by atoms with van der Waals surface area (Å²) in [7, 11) is -3.04. The molecule has 1 N–H and O–H groups in total. The van der Waals surface area contributed by atoms with Gasteiger partial charge >= 0.3 is 0 Å². The first-order valence-electron chi connectivity index (χ1n) is 7.01. The van der Waals surface area contributed by atoms with Crippen LogP contribution >= 0.6 is 0 Å². The van der Waals surface area contributed by atoms with Crippen LogP contribution in [0.1, 0.15) is 54.8 Å². The van der Waals surface area contributed by atoms with Gasteiger partial charge in [0.15, 0.2) is 9.84 Å². The van der Waals surface area contributed by atoms with E-state index < -0.39 is 15.1 Å². The molecule has 0 saturated carbocycles. The van der Waals surface area contributed by atoms with Crippen LogP contribution in [-0.2, 0) is 16.4 Å². The third kappa shape index (κ3) is 2.31. The van der Waals surface area contributed by atoms with Crippen molar-refractivity contribution in [2.45, 2.75) is 49.8 Å². The molecule has 0 amide bonds. The molecule has 3 rings (SSSR count). The second kappa shape index (κ2) is 4.90. The molecule has 3 heterocycles. The molecule has 0 aromatic carbocycles. The van der Waals surface area contributed by atoms with Gasteiger partial charge in [0, 0.05) is 18.7 Å². The van der Waals surface area contributed by atoms with Gasteiger partial charge in [-0.15, -0.1) is 0 Å². The van der Waals surface area contributed by atoms with Gasteiger partial charge in [0.05, 0.1) is 18.1 Å². The van der Waals surface area contributed by atoms with Gasteiger partial charge in [0.25, 0.3) is 0 Å². The summed E-state index contributed by atoms with van der Waals surface area (Å²) in [5.41, 5.74) is 0.690. The highest BCUT2D eigenvalue weighted by molar-refractivity contribution is 7.91. The molecule has 2 unspecified atom stereocenters. The van der Waals surface area contributed by atoms with Gasteiger partial charge in [0.2, 0.25) is 0 Å². The standard InChI is InChI=1S/C13H20N2O3S/c16-9-10-4-3-6-15-8-11(14-13(10)15)12-5-1-2-7-19(12,17)18/h8,10,12,16H,1-7,9H2. The summed E-state index contributed by atoms with van der Waals surface area (Å²) in [5.74, 6) is 1.21. The Kier molecular flexibility index (Phi) is 3.39. The van der Waals surface area contributed by atoms with Gasteiger partial charge in [-0.2, -0.15) is 0 Å². The van der Waals surface area contributed by atoms with E-state index in [4.69, 9.17) is 0 Å². The molecule has 2 atom stereocenters. The summed E-state index contributed by atoms with van der Waals surface area (Å²) in [4.78, 5) is 4.55. The predicted molar refractivity (Wildman–Crippen MR) is 71.7 cm³/mol. The number of aryl methyl sites for hydroxylation is 1. The van der Waals surface area contributed by atoms with E-state index >= 15 is 0 Å². The van der Waals surface area contributed by atoms with Crippen molar-refractivity contribution in [3.8, 4) is 0 Å². The molecular formula is C13H20N2O3S. The Morgan fingerprint density at radius 2 is 2.16 bits per heavy atom. The predicted octanol–water partition coefficient (Wildman–Crippen LogP) is 1.39. The van der Waals surface area contributed by atoms with E-state index in [9.17, 15) is 13.5 Å². The number of aromatic nitrogens is 2. The van der Waals surface area contributed by atoms with Crippen molar-refractivity contribution < 1.29 is 13.5 Å². The first kappa shape index (κ1) is 13.1. The van der Waals surface area contributed by atoms with Gasteiger partial charge in [-0.05, 0) is 25.7 Å². The number of imidazole rings is 1. The Balaban J connectivity index is 1.96. The number of nitrogens with zero attached hydrogens (tertiary/aromatic N) is 2. The molecule has 1 fully saturated rings. The van der Waals surface area contributed by atoms with Crippen LogP contribution in [0, 0.1) is 0 Å². The highest BCUT2D eigenvalue weighted by Crippen LogP contribution is 2.35. The molecule has 2 aliphatic rings. The average molecular weight is 284 g/mol. The number of sulfone groups is 1. The normalized spacial score (nSPS) is 29.9. The fourth-order valence-electron chi connectivity index (χ4n) is 3.21. The second-order valence-electron chi connectivity index (χ2n) is 5.59. The van der Waals surface area contributed by atoms with Crippen molar-refractivity contribution in [1.29, 1.82) is 0 Å². The van der Waals surface area contributed by atoms with Crippen molar-refractivity contribution >= 4 is 9.84 Å². The lowest BCUT2D eigenvalue weighted by atomic mass is 10.0. The highest BCUT2D eigenvalue weighted by atomic mass is 32.2. The van der Waals surface area contributed by atoms with Crippen molar-refractivity contribution in [3.05, 3.63) is 17.7 Å². The molecule has 1 aromatic heterocycles. The van der Waals surface area contributed by atoms with Crippen LogP contribution in [0.5, 0.6) is 0 Å². The first-order valence-corrected chi connectivity index (χ1v) is 8.73. The zero-order valence-corrected chi connectivity index (χ0v) is 11.8. The van der Waals surface area contributed by atoms with Crippen LogP contribution in [0.25, 0.3) is 0 Å². The third-order valence-electron chi connectivity index (χ3n) is 4.27. The number of aliphatic hydroxyl groups excluding tert-OH is 1. The minimum Gasteiger partial charge on any atom is -0.396 e. The van der Waals surface area contributed by atoms with E-state index in [0.29, 0.717) is 12.1 Å². The molecule has 1 saturated heterocycles. The van der Waals surface area contributed by atoms with Crippen LogP contribution in [0.3, 0.4) is 0 Å². The van der Waals surface area contributed by atoms with Gasteiger partial charge < -0.3 is 9.67 Å². The van der Waals surface area contributed by atoms with Crippen LogP contribution in [0.15, 0.2) is 6.20 Å². The van der Waals surface area contributed by atoms with E-state index in [2.05, 4.69) is 4.98 Å². The second-order valence-corrected chi connectivity index (χ2v) is 7.89. The van der Waals surface area contributed by atoms with Crippen molar-refractivity contribution in [3.63, 3.8) is 0 Å². The topological polar surface area (TPSA) is 72.2 Å². The summed E-state index contributed by atoms with van der Waals surface area (Å²) in [6, 6.07) is 0. The summed E-state index contributed by atoms with van der Waals surface area (Å²) in [6.07, 6.45) is 6.25. The van der Waals surface area contributed by atoms with Crippen molar-refractivity contribution in [1.82, 2.24) is 9.55 Å². The fraction of sp³-hybridized carbons (Fsp3) is 0.769. The van der Waals surface area contributed by atoms with E-state index in [1.54, 1.807) is 0 Å². The number of hydrogen-bond donors (Lipinski definition) is 1. The van der Waals surface area contributed by atoms with Gasteiger partial charge in [-0.3, -0.25) is 0 Å². The lowest BCUT2D eigenvalue weighted by molar-refractivity contribution is 0.238. The fourth-order valence-corrected chi connectivity index (χ4v) is 5.11. The number of aliphatic hydroxyl groups is 1. The lowest BCUT2D eigenvalue weighted by Crippen LogP contribution is -2.22. The molecule has 106 valence electrons. The number of hydrogen-bond acceptors (Lipinski definition) is 4.